The highest BCUT2D eigenvalue weighted by atomic mass is 15.3. The molecule has 28 heavy (non-hydrogen) atoms. The molecule has 0 bridgehead atoms. The van der Waals surface area contributed by atoms with Crippen molar-refractivity contribution in [2.45, 2.75) is 18.3 Å². The number of piperidine rings is 1. The van der Waals surface area contributed by atoms with E-state index in [1.807, 2.05) is 6.07 Å². The molecule has 0 N–H and O–H groups in total. The third-order valence-electron chi connectivity index (χ3n) is 6.28. The Morgan fingerprint density at radius 3 is 1.68 bits per heavy atom. The predicted octanol–water partition coefficient (Wildman–Crippen LogP) is 5.26. The summed E-state index contributed by atoms with van der Waals surface area (Å²) in [5.74, 6) is 6.78. The van der Waals surface area contributed by atoms with E-state index >= 15 is 0 Å². The fourth-order valence-corrected chi connectivity index (χ4v) is 4.43. The molecule has 1 heteroatoms. The van der Waals surface area contributed by atoms with Gasteiger partial charge in [0, 0.05) is 23.8 Å². The number of hydrogen-bond donors (Lipinski definition) is 0. The van der Waals surface area contributed by atoms with E-state index in [0.717, 1.165) is 42.5 Å². The average Bonchev–Trinajstić information content (AvgIpc) is 2.77. The van der Waals surface area contributed by atoms with Crippen LogP contribution in [0.1, 0.15) is 29.5 Å². The van der Waals surface area contributed by atoms with Gasteiger partial charge in [0.25, 0.3) is 0 Å². The lowest BCUT2D eigenvalue weighted by Gasteiger charge is -2.46. The molecule has 1 aliphatic rings. The van der Waals surface area contributed by atoms with Crippen LogP contribution in [0.2, 0.25) is 0 Å². The molecular formula is C27H28N+. The topological polar surface area (TPSA) is 0 Å². The lowest BCUT2D eigenvalue weighted by Crippen LogP contribution is -2.54. The van der Waals surface area contributed by atoms with Crippen LogP contribution in [-0.4, -0.2) is 31.2 Å². The summed E-state index contributed by atoms with van der Waals surface area (Å²) in [7, 11) is 2.36. The second-order valence-corrected chi connectivity index (χ2v) is 8.21. The van der Waals surface area contributed by atoms with E-state index in [1.165, 1.54) is 11.1 Å². The van der Waals surface area contributed by atoms with Crippen LogP contribution in [-0.2, 0) is 5.41 Å². The first kappa shape index (κ1) is 18.5. The Labute approximate surface area is 169 Å². The van der Waals surface area contributed by atoms with Gasteiger partial charge in [0.15, 0.2) is 0 Å². The summed E-state index contributed by atoms with van der Waals surface area (Å²) in [6.45, 7) is 3.20. The second kappa shape index (κ2) is 8.05. The molecule has 0 spiro atoms. The molecule has 0 aliphatic carbocycles. The van der Waals surface area contributed by atoms with Gasteiger partial charge in [-0.3, -0.25) is 0 Å². The maximum absolute atomic E-state index is 3.44. The van der Waals surface area contributed by atoms with E-state index in [0.29, 0.717) is 0 Å². The summed E-state index contributed by atoms with van der Waals surface area (Å²) in [6, 6.07) is 32.4. The van der Waals surface area contributed by atoms with Gasteiger partial charge in [-0.15, -0.1) is 0 Å². The van der Waals surface area contributed by atoms with E-state index in [-0.39, 0.29) is 5.41 Å². The Hall–Kier alpha value is -2.82. The highest BCUT2D eigenvalue weighted by Gasteiger charge is 2.42. The molecule has 1 nitrogen and oxygen atoms in total. The van der Waals surface area contributed by atoms with E-state index in [1.54, 1.807) is 0 Å². The van der Waals surface area contributed by atoms with Crippen molar-refractivity contribution in [3.63, 3.8) is 0 Å². The van der Waals surface area contributed by atoms with Crippen molar-refractivity contribution in [2.24, 2.45) is 0 Å². The molecule has 0 saturated carbocycles. The van der Waals surface area contributed by atoms with Gasteiger partial charge in [0.1, 0.15) is 6.54 Å². The molecule has 0 unspecified atom stereocenters. The first-order chi connectivity index (χ1) is 13.7. The first-order valence-electron chi connectivity index (χ1n) is 10.2. The van der Waals surface area contributed by atoms with Gasteiger partial charge in [-0.05, 0) is 29.2 Å². The van der Waals surface area contributed by atoms with Crippen LogP contribution in [0.15, 0.2) is 91.0 Å². The van der Waals surface area contributed by atoms with Crippen LogP contribution in [0.4, 0.5) is 0 Å². The van der Waals surface area contributed by atoms with E-state index in [4.69, 9.17) is 0 Å². The number of hydrogen-bond acceptors (Lipinski definition) is 0. The van der Waals surface area contributed by atoms with Crippen molar-refractivity contribution < 1.29 is 4.48 Å². The van der Waals surface area contributed by atoms with Crippen LogP contribution in [0.25, 0.3) is 0 Å². The Bertz CT molecular complexity index is 899. The van der Waals surface area contributed by atoms with Crippen LogP contribution in [0.3, 0.4) is 0 Å². The summed E-state index contributed by atoms with van der Waals surface area (Å²) in [4.78, 5) is 0. The highest BCUT2D eigenvalue weighted by Crippen LogP contribution is 2.42. The summed E-state index contributed by atoms with van der Waals surface area (Å²) >= 11 is 0. The lowest BCUT2D eigenvalue weighted by molar-refractivity contribution is -0.908. The predicted molar refractivity (Wildman–Crippen MR) is 117 cm³/mol. The zero-order valence-corrected chi connectivity index (χ0v) is 16.6. The number of benzene rings is 3. The quantitative estimate of drug-likeness (QED) is 0.438. The van der Waals surface area contributed by atoms with E-state index in [2.05, 4.69) is 104 Å². The molecule has 140 valence electrons. The molecule has 0 aromatic heterocycles. The van der Waals surface area contributed by atoms with Gasteiger partial charge in [-0.2, -0.15) is 0 Å². The van der Waals surface area contributed by atoms with Crippen LogP contribution < -0.4 is 0 Å². The molecule has 1 heterocycles. The maximum Gasteiger partial charge on any atom is 0.141 e. The van der Waals surface area contributed by atoms with E-state index in [9.17, 15) is 0 Å². The molecule has 3 aromatic carbocycles. The lowest BCUT2D eigenvalue weighted by atomic mass is 9.67. The molecule has 3 aromatic rings. The van der Waals surface area contributed by atoms with Gasteiger partial charge >= 0.3 is 0 Å². The van der Waals surface area contributed by atoms with Gasteiger partial charge in [0.05, 0.1) is 20.1 Å². The van der Waals surface area contributed by atoms with Crippen molar-refractivity contribution in [1.29, 1.82) is 0 Å². The largest absolute Gasteiger partial charge is 0.316 e. The summed E-state index contributed by atoms with van der Waals surface area (Å²) in [5.41, 5.74) is 4.12. The molecule has 0 atom stereocenters. The SMILES string of the molecule is C[N+]1(CC#Cc2ccccc2)CCC(c2ccccc2)(c2ccccc2)CC1. The zero-order valence-electron chi connectivity index (χ0n) is 16.6. The minimum absolute atomic E-state index is 0.118. The number of quaternary nitrogens is 1. The van der Waals surface area contributed by atoms with Crippen LogP contribution >= 0.6 is 0 Å². The van der Waals surface area contributed by atoms with Crippen LogP contribution in [0.5, 0.6) is 0 Å². The monoisotopic (exact) mass is 366 g/mol. The number of likely N-dealkylation sites (tertiary alicyclic amines) is 1. The van der Waals surface area contributed by atoms with Crippen LogP contribution in [0, 0.1) is 11.8 Å². The van der Waals surface area contributed by atoms with Crippen molar-refractivity contribution in [3.05, 3.63) is 108 Å². The second-order valence-electron chi connectivity index (χ2n) is 8.21. The fourth-order valence-electron chi connectivity index (χ4n) is 4.43. The van der Waals surface area contributed by atoms with Crippen molar-refractivity contribution in [1.82, 2.24) is 0 Å². The molecular weight excluding hydrogens is 338 g/mol. The minimum Gasteiger partial charge on any atom is -0.316 e. The Morgan fingerprint density at radius 2 is 1.18 bits per heavy atom. The standard InChI is InChI=1S/C27H28N/c1-28(21-11-14-24-12-5-2-6-13-24)22-19-27(20-23-28,25-15-7-3-8-16-25)26-17-9-4-10-18-26/h2-10,12-13,15-18H,19-23H2,1H3/q+1. The summed E-state index contributed by atoms with van der Waals surface area (Å²) in [5, 5.41) is 0. The molecule has 1 fully saturated rings. The minimum atomic E-state index is 0.118. The van der Waals surface area contributed by atoms with Gasteiger partial charge < -0.3 is 4.48 Å². The molecule has 4 rings (SSSR count). The molecule has 0 amide bonds. The molecule has 0 radical (unpaired) electrons. The van der Waals surface area contributed by atoms with Crippen molar-refractivity contribution in [3.8, 4) is 11.8 Å². The average molecular weight is 367 g/mol. The van der Waals surface area contributed by atoms with E-state index < -0.39 is 0 Å². The Morgan fingerprint density at radius 1 is 0.714 bits per heavy atom. The van der Waals surface area contributed by atoms with Crippen molar-refractivity contribution >= 4 is 0 Å². The molecule has 1 saturated heterocycles. The highest BCUT2D eigenvalue weighted by molar-refractivity contribution is 5.40. The van der Waals surface area contributed by atoms with Crippen molar-refractivity contribution in [2.75, 3.05) is 26.7 Å². The summed E-state index contributed by atoms with van der Waals surface area (Å²) < 4.78 is 1.03. The number of nitrogens with zero attached hydrogens (tertiary/aromatic N) is 1. The third kappa shape index (κ3) is 3.88. The van der Waals surface area contributed by atoms with Gasteiger partial charge in [0.2, 0.25) is 0 Å². The zero-order chi connectivity index (χ0) is 19.3. The fraction of sp³-hybridized carbons (Fsp3) is 0.259. The smallest absolute Gasteiger partial charge is 0.141 e. The number of rotatable bonds is 3. The molecule has 1 aliphatic heterocycles. The Balaban J connectivity index is 1.55. The maximum atomic E-state index is 3.44. The van der Waals surface area contributed by atoms with Gasteiger partial charge in [-0.1, -0.05) is 84.8 Å². The third-order valence-corrected chi connectivity index (χ3v) is 6.28. The summed E-state index contributed by atoms with van der Waals surface area (Å²) in [6.07, 6.45) is 2.31. The first-order valence-corrected chi connectivity index (χ1v) is 10.2. The van der Waals surface area contributed by atoms with Gasteiger partial charge in [-0.25, -0.2) is 0 Å². The Kier molecular flexibility index (Phi) is 5.33. The normalized spacial score (nSPS) is 17.3.